The lowest BCUT2D eigenvalue weighted by Gasteiger charge is -2.20. The van der Waals surface area contributed by atoms with Crippen LogP contribution in [-0.2, 0) is 13.0 Å². The minimum absolute atomic E-state index is 0.134. The molecule has 2 heterocycles. The van der Waals surface area contributed by atoms with Gasteiger partial charge in [0, 0.05) is 13.1 Å². The summed E-state index contributed by atoms with van der Waals surface area (Å²) in [5, 5.41) is 10.6. The highest BCUT2D eigenvalue weighted by molar-refractivity contribution is 7.15. The molecule has 0 saturated carbocycles. The van der Waals surface area contributed by atoms with Gasteiger partial charge in [0.2, 0.25) is 0 Å². The molecule has 4 heteroatoms. The highest BCUT2D eigenvalue weighted by Gasteiger charge is 2.22. The van der Waals surface area contributed by atoms with Crippen molar-refractivity contribution in [2.24, 2.45) is 11.8 Å². The Morgan fingerprint density at radius 3 is 2.80 bits per heavy atom. The number of aromatic nitrogens is 1. The van der Waals surface area contributed by atoms with Crippen LogP contribution in [0.4, 0.5) is 5.13 Å². The zero-order chi connectivity index (χ0) is 14.5. The third kappa shape index (κ3) is 3.73. The molecular weight excluding hydrogens is 268 g/mol. The van der Waals surface area contributed by atoms with E-state index in [-0.39, 0.29) is 6.61 Å². The van der Waals surface area contributed by atoms with Crippen molar-refractivity contribution in [3.63, 3.8) is 0 Å². The molecule has 1 atom stereocenters. The largest absolute Gasteiger partial charge is 0.391 e. The van der Waals surface area contributed by atoms with Crippen LogP contribution in [0.3, 0.4) is 0 Å². The Bertz CT molecular complexity index is 417. The number of aliphatic hydroxyl groups is 1. The summed E-state index contributed by atoms with van der Waals surface area (Å²) in [5.41, 5.74) is 1.11. The lowest BCUT2D eigenvalue weighted by molar-refractivity contribution is 0.284. The molecule has 1 unspecified atom stereocenters. The van der Waals surface area contributed by atoms with Crippen LogP contribution in [-0.4, -0.2) is 23.2 Å². The quantitative estimate of drug-likeness (QED) is 0.896. The van der Waals surface area contributed by atoms with Gasteiger partial charge < -0.3 is 10.0 Å². The predicted octanol–water partition coefficient (Wildman–Crippen LogP) is 3.85. The Morgan fingerprint density at radius 1 is 1.35 bits per heavy atom. The standard InChI is InChI=1S/C16H28N2OS/c1-4-6-14-15(11-19)20-16(17-14)18-9-5-7-13(8-10-18)12(2)3/h12-13,19H,4-11H2,1-3H3. The number of thiazole rings is 1. The van der Waals surface area contributed by atoms with Crippen LogP contribution in [0.1, 0.15) is 57.0 Å². The van der Waals surface area contributed by atoms with E-state index >= 15 is 0 Å². The van der Waals surface area contributed by atoms with Gasteiger partial charge in [0.25, 0.3) is 0 Å². The van der Waals surface area contributed by atoms with Crippen LogP contribution < -0.4 is 4.90 Å². The molecule has 20 heavy (non-hydrogen) atoms. The molecule has 0 bridgehead atoms. The zero-order valence-corrected chi connectivity index (χ0v) is 13.9. The molecule has 0 spiro atoms. The van der Waals surface area contributed by atoms with Crippen LogP contribution in [0.15, 0.2) is 0 Å². The molecule has 1 aromatic heterocycles. The summed E-state index contributed by atoms with van der Waals surface area (Å²) in [6, 6.07) is 0. The van der Waals surface area contributed by atoms with Crippen molar-refractivity contribution >= 4 is 16.5 Å². The van der Waals surface area contributed by atoms with E-state index in [0.717, 1.165) is 53.5 Å². The fourth-order valence-corrected chi connectivity index (χ4v) is 4.06. The van der Waals surface area contributed by atoms with Gasteiger partial charge >= 0.3 is 0 Å². The molecule has 0 amide bonds. The van der Waals surface area contributed by atoms with E-state index < -0.39 is 0 Å². The lowest BCUT2D eigenvalue weighted by Crippen LogP contribution is -2.24. The fraction of sp³-hybridized carbons (Fsp3) is 0.812. The number of hydrogen-bond acceptors (Lipinski definition) is 4. The SMILES string of the molecule is CCCc1nc(N2CCCC(C(C)C)CC2)sc1CO. The molecule has 1 saturated heterocycles. The third-order valence-corrected chi connectivity index (χ3v) is 5.53. The van der Waals surface area contributed by atoms with Crippen molar-refractivity contribution in [1.82, 2.24) is 4.98 Å². The molecule has 0 radical (unpaired) electrons. The Hall–Kier alpha value is -0.610. The first-order valence-electron chi connectivity index (χ1n) is 8.00. The monoisotopic (exact) mass is 296 g/mol. The van der Waals surface area contributed by atoms with Gasteiger partial charge in [-0.15, -0.1) is 0 Å². The van der Waals surface area contributed by atoms with E-state index in [1.165, 1.54) is 19.3 Å². The van der Waals surface area contributed by atoms with E-state index in [0.29, 0.717) is 0 Å². The lowest BCUT2D eigenvalue weighted by atomic mass is 9.89. The summed E-state index contributed by atoms with van der Waals surface area (Å²) in [6.45, 7) is 9.22. The molecule has 1 aromatic rings. The second-order valence-electron chi connectivity index (χ2n) is 6.20. The average molecular weight is 296 g/mol. The Labute approximate surface area is 127 Å². The maximum Gasteiger partial charge on any atom is 0.185 e. The van der Waals surface area contributed by atoms with Gasteiger partial charge in [-0.3, -0.25) is 0 Å². The predicted molar refractivity (Wildman–Crippen MR) is 86.4 cm³/mol. The first-order valence-corrected chi connectivity index (χ1v) is 8.81. The van der Waals surface area contributed by atoms with Crippen LogP contribution in [0.5, 0.6) is 0 Å². The van der Waals surface area contributed by atoms with Gasteiger partial charge in [-0.05, 0) is 37.5 Å². The van der Waals surface area contributed by atoms with Crippen molar-refractivity contribution in [1.29, 1.82) is 0 Å². The molecule has 1 fully saturated rings. The third-order valence-electron chi connectivity index (χ3n) is 4.38. The smallest absolute Gasteiger partial charge is 0.185 e. The van der Waals surface area contributed by atoms with Crippen molar-refractivity contribution < 1.29 is 5.11 Å². The number of hydrogen-bond donors (Lipinski definition) is 1. The van der Waals surface area contributed by atoms with Crippen molar-refractivity contribution in [2.45, 2.75) is 59.5 Å². The van der Waals surface area contributed by atoms with Gasteiger partial charge in [0.05, 0.1) is 17.2 Å². The normalized spacial score (nSPS) is 20.4. The summed E-state index contributed by atoms with van der Waals surface area (Å²) in [4.78, 5) is 8.29. The summed E-state index contributed by atoms with van der Waals surface area (Å²) in [5.74, 6) is 1.64. The van der Waals surface area contributed by atoms with E-state index in [1.807, 2.05) is 0 Å². The van der Waals surface area contributed by atoms with Gasteiger partial charge in [-0.2, -0.15) is 0 Å². The van der Waals surface area contributed by atoms with Gasteiger partial charge in [-0.25, -0.2) is 4.98 Å². The van der Waals surface area contributed by atoms with Crippen molar-refractivity contribution in [2.75, 3.05) is 18.0 Å². The first kappa shape index (κ1) is 15.8. The summed E-state index contributed by atoms with van der Waals surface area (Å²) in [7, 11) is 0. The molecule has 1 aliphatic heterocycles. The van der Waals surface area contributed by atoms with Crippen molar-refractivity contribution in [3.05, 3.63) is 10.6 Å². The van der Waals surface area contributed by atoms with Crippen LogP contribution in [0.2, 0.25) is 0 Å². The van der Waals surface area contributed by atoms with Gasteiger partial charge in [-0.1, -0.05) is 38.5 Å². The number of anilines is 1. The molecule has 1 N–H and O–H groups in total. The molecule has 0 aromatic carbocycles. The van der Waals surface area contributed by atoms with Crippen LogP contribution in [0, 0.1) is 11.8 Å². The Kier molecular flexibility index (Phi) is 5.85. The first-order chi connectivity index (χ1) is 9.65. The maximum atomic E-state index is 9.48. The second-order valence-corrected chi connectivity index (χ2v) is 7.26. The van der Waals surface area contributed by atoms with Crippen LogP contribution in [0.25, 0.3) is 0 Å². The van der Waals surface area contributed by atoms with E-state index in [4.69, 9.17) is 4.98 Å². The van der Waals surface area contributed by atoms with Crippen LogP contribution >= 0.6 is 11.3 Å². The molecule has 3 nitrogen and oxygen atoms in total. The average Bonchev–Trinajstić information content (AvgIpc) is 2.67. The number of aliphatic hydroxyl groups excluding tert-OH is 1. The minimum atomic E-state index is 0.134. The van der Waals surface area contributed by atoms with E-state index in [2.05, 4.69) is 25.7 Å². The maximum absolute atomic E-state index is 9.48. The molecule has 0 aliphatic carbocycles. The molecule has 2 rings (SSSR count). The van der Waals surface area contributed by atoms with Crippen molar-refractivity contribution in [3.8, 4) is 0 Å². The summed E-state index contributed by atoms with van der Waals surface area (Å²) in [6.07, 6.45) is 5.95. The molecular formula is C16H28N2OS. The van der Waals surface area contributed by atoms with Gasteiger partial charge in [0.1, 0.15) is 0 Å². The highest BCUT2D eigenvalue weighted by atomic mass is 32.1. The summed E-state index contributed by atoms with van der Waals surface area (Å²) >= 11 is 1.69. The van der Waals surface area contributed by atoms with E-state index in [9.17, 15) is 5.11 Å². The Morgan fingerprint density at radius 2 is 2.15 bits per heavy atom. The molecule has 114 valence electrons. The highest BCUT2D eigenvalue weighted by Crippen LogP contribution is 2.31. The van der Waals surface area contributed by atoms with E-state index in [1.54, 1.807) is 11.3 Å². The Balaban J connectivity index is 2.07. The number of rotatable bonds is 5. The van der Waals surface area contributed by atoms with Gasteiger partial charge in [0.15, 0.2) is 5.13 Å². The minimum Gasteiger partial charge on any atom is -0.391 e. The zero-order valence-electron chi connectivity index (χ0n) is 13.1. The molecule has 1 aliphatic rings. The topological polar surface area (TPSA) is 36.4 Å². The summed E-state index contributed by atoms with van der Waals surface area (Å²) < 4.78 is 0. The second kappa shape index (κ2) is 7.41. The number of nitrogens with zero attached hydrogens (tertiary/aromatic N) is 2. The number of aryl methyl sites for hydroxylation is 1. The fourth-order valence-electron chi connectivity index (χ4n) is 3.04.